The number of rotatable bonds is 1. The molecular formula is C9H7ClNO3S-. The number of amides is 1. The molecule has 15 heavy (non-hydrogen) atoms. The van der Waals surface area contributed by atoms with Crippen molar-refractivity contribution in [3.05, 3.63) is 23.8 Å². The van der Waals surface area contributed by atoms with Crippen molar-refractivity contribution < 1.29 is 13.6 Å². The Hall–Kier alpha value is -0.910. The third-order valence-electron chi connectivity index (χ3n) is 2.38. The molecule has 2 atom stereocenters. The van der Waals surface area contributed by atoms with E-state index in [2.05, 4.69) is 0 Å². The highest BCUT2D eigenvalue weighted by atomic mass is 35.5. The lowest BCUT2D eigenvalue weighted by atomic mass is 10.1. The number of carbonyl (C=O) groups is 1. The van der Waals surface area contributed by atoms with Crippen molar-refractivity contribution in [2.45, 2.75) is 10.3 Å². The van der Waals surface area contributed by atoms with Gasteiger partial charge in [-0.1, -0.05) is 6.07 Å². The first kappa shape index (κ1) is 10.6. The van der Waals surface area contributed by atoms with E-state index in [4.69, 9.17) is 11.6 Å². The van der Waals surface area contributed by atoms with Gasteiger partial charge in [0.1, 0.15) is 5.38 Å². The van der Waals surface area contributed by atoms with Crippen molar-refractivity contribution in [2.75, 3.05) is 11.9 Å². The number of carbonyl (C=O) groups excluding carboxylic acids is 1. The molecule has 1 amide bonds. The predicted octanol–water partition coefficient (Wildman–Crippen LogP) is 1.18. The predicted molar refractivity (Wildman–Crippen MR) is 55.6 cm³/mol. The van der Waals surface area contributed by atoms with Gasteiger partial charge < -0.3 is 9.45 Å². The van der Waals surface area contributed by atoms with Crippen LogP contribution in [-0.2, 0) is 15.9 Å². The molecule has 1 aliphatic heterocycles. The molecule has 4 nitrogen and oxygen atoms in total. The number of likely N-dealkylation sites (N-methyl/N-ethyl adjacent to an activating group) is 1. The number of benzene rings is 1. The van der Waals surface area contributed by atoms with Gasteiger partial charge in [0.15, 0.2) is 0 Å². The van der Waals surface area contributed by atoms with Crippen LogP contribution in [0.15, 0.2) is 23.1 Å². The highest BCUT2D eigenvalue weighted by Gasteiger charge is 2.35. The number of nitrogens with zero attached hydrogens (tertiary/aromatic N) is 1. The van der Waals surface area contributed by atoms with Gasteiger partial charge in [0, 0.05) is 23.2 Å². The van der Waals surface area contributed by atoms with Crippen LogP contribution in [0.25, 0.3) is 0 Å². The molecule has 1 aliphatic rings. The highest BCUT2D eigenvalue weighted by molar-refractivity contribution is 7.79. The normalized spacial score (nSPS) is 21.7. The van der Waals surface area contributed by atoms with Crippen molar-refractivity contribution in [1.29, 1.82) is 0 Å². The summed E-state index contributed by atoms with van der Waals surface area (Å²) in [6.45, 7) is 0. The standard InChI is InChI=1S/C9H8ClNO3S/c1-11-5-3-2-4-6(15(13)14)7(5)8(10)9(11)12/h2-4,8H,1H3,(H,13,14)/p-1. The van der Waals surface area contributed by atoms with Crippen LogP contribution in [0, 0.1) is 0 Å². The Labute approximate surface area is 94.1 Å². The monoisotopic (exact) mass is 244 g/mol. The second kappa shape index (κ2) is 3.59. The Morgan fingerprint density at radius 3 is 2.80 bits per heavy atom. The smallest absolute Gasteiger partial charge is 0.249 e. The zero-order valence-electron chi connectivity index (χ0n) is 7.77. The lowest BCUT2D eigenvalue weighted by Gasteiger charge is -2.12. The van der Waals surface area contributed by atoms with Crippen molar-refractivity contribution >= 4 is 34.3 Å². The third kappa shape index (κ3) is 1.47. The van der Waals surface area contributed by atoms with Crippen LogP contribution in [0.3, 0.4) is 0 Å². The Morgan fingerprint density at radius 2 is 2.20 bits per heavy atom. The van der Waals surface area contributed by atoms with Gasteiger partial charge in [0.25, 0.3) is 0 Å². The van der Waals surface area contributed by atoms with Crippen LogP contribution in [0.2, 0.25) is 0 Å². The van der Waals surface area contributed by atoms with E-state index < -0.39 is 16.5 Å². The number of fused-ring (bicyclic) bond motifs is 1. The zero-order chi connectivity index (χ0) is 11.2. The highest BCUT2D eigenvalue weighted by Crippen LogP contribution is 2.41. The molecule has 0 fully saturated rings. The summed E-state index contributed by atoms with van der Waals surface area (Å²) in [7, 11) is 1.57. The van der Waals surface area contributed by atoms with Gasteiger partial charge >= 0.3 is 0 Å². The van der Waals surface area contributed by atoms with Crippen molar-refractivity contribution in [3.8, 4) is 0 Å². The van der Waals surface area contributed by atoms with Gasteiger partial charge in [0.2, 0.25) is 5.91 Å². The zero-order valence-corrected chi connectivity index (χ0v) is 9.34. The minimum Gasteiger partial charge on any atom is -0.768 e. The molecular weight excluding hydrogens is 238 g/mol. The largest absolute Gasteiger partial charge is 0.768 e. The van der Waals surface area contributed by atoms with Gasteiger partial charge in [-0.3, -0.25) is 9.00 Å². The Balaban J connectivity index is 2.68. The van der Waals surface area contributed by atoms with Crippen LogP contribution >= 0.6 is 11.6 Å². The maximum atomic E-state index is 11.5. The van der Waals surface area contributed by atoms with E-state index in [-0.39, 0.29) is 10.8 Å². The van der Waals surface area contributed by atoms with E-state index in [1.54, 1.807) is 19.2 Å². The molecule has 6 heteroatoms. The molecule has 0 aromatic heterocycles. The van der Waals surface area contributed by atoms with Gasteiger partial charge in [-0.2, -0.15) is 0 Å². The quantitative estimate of drug-likeness (QED) is 0.551. The number of halogens is 1. The molecule has 1 heterocycles. The minimum atomic E-state index is -2.37. The molecule has 80 valence electrons. The molecule has 0 radical (unpaired) electrons. The summed E-state index contributed by atoms with van der Waals surface area (Å²) in [5.41, 5.74) is 0.932. The van der Waals surface area contributed by atoms with Crippen LogP contribution in [-0.4, -0.2) is 21.7 Å². The molecule has 0 bridgehead atoms. The summed E-state index contributed by atoms with van der Waals surface area (Å²) >= 11 is 3.50. The summed E-state index contributed by atoms with van der Waals surface area (Å²) in [5, 5.41) is -0.904. The summed E-state index contributed by atoms with van der Waals surface area (Å²) in [6.07, 6.45) is 0. The second-order valence-electron chi connectivity index (χ2n) is 3.18. The Kier molecular flexibility index (Phi) is 2.54. The average molecular weight is 245 g/mol. The molecule has 2 rings (SSSR count). The fraction of sp³-hybridized carbons (Fsp3) is 0.222. The summed E-state index contributed by atoms with van der Waals surface area (Å²) in [6, 6.07) is 4.69. The first-order valence-corrected chi connectivity index (χ1v) is 5.69. The second-order valence-corrected chi connectivity index (χ2v) is 4.53. The fourth-order valence-electron chi connectivity index (χ4n) is 1.64. The van der Waals surface area contributed by atoms with E-state index in [1.165, 1.54) is 11.0 Å². The molecule has 0 spiro atoms. The van der Waals surface area contributed by atoms with Crippen LogP contribution < -0.4 is 4.90 Å². The summed E-state index contributed by atoms with van der Waals surface area (Å²) in [4.78, 5) is 13.0. The summed E-state index contributed by atoms with van der Waals surface area (Å²) < 4.78 is 21.9. The van der Waals surface area contributed by atoms with Crippen LogP contribution in [0.1, 0.15) is 10.9 Å². The molecule has 2 unspecified atom stereocenters. The van der Waals surface area contributed by atoms with Gasteiger partial charge in [-0.15, -0.1) is 11.6 Å². The third-order valence-corrected chi connectivity index (χ3v) is 3.50. The van der Waals surface area contributed by atoms with Gasteiger partial charge in [0.05, 0.1) is 0 Å². The SMILES string of the molecule is CN1C(=O)C(Cl)c2c1cccc2S(=O)[O-]. The van der Waals surface area contributed by atoms with Gasteiger partial charge in [-0.05, 0) is 23.2 Å². The topological polar surface area (TPSA) is 60.4 Å². The number of alkyl halides is 1. The van der Waals surface area contributed by atoms with Crippen LogP contribution in [0.4, 0.5) is 5.69 Å². The van der Waals surface area contributed by atoms with E-state index in [9.17, 15) is 13.6 Å². The molecule has 1 aromatic rings. The van der Waals surface area contributed by atoms with Crippen molar-refractivity contribution in [3.63, 3.8) is 0 Å². The van der Waals surface area contributed by atoms with Gasteiger partial charge in [-0.25, -0.2) is 0 Å². The first-order valence-electron chi connectivity index (χ1n) is 4.18. The number of hydrogen-bond donors (Lipinski definition) is 0. The average Bonchev–Trinajstić information content (AvgIpc) is 2.44. The van der Waals surface area contributed by atoms with Crippen LogP contribution in [0.5, 0.6) is 0 Å². The van der Waals surface area contributed by atoms with E-state index in [0.29, 0.717) is 11.3 Å². The van der Waals surface area contributed by atoms with Crippen molar-refractivity contribution in [2.24, 2.45) is 0 Å². The molecule has 0 aliphatic carbocycles. The minimum absolute atomic E-state index is 0.0881. The summed E-state index contributed by atoms with van der Waals surface area (Å²) in [5.74, 6) is -0.301. The first-order chi connectivity index (χ1) is 7.04. The maximum absolute atomic E-state index is 11.5. The number of anilines is 1. The van der Waals surface area contributed by atoms with E-state index in [0.717, 1.165) is 0 Å². The van der Waals surface area contributed by atoms with Crippen molar-refractivity contribution in [1.82, 2.24) is 0 Å². The lowest BCUT2D eigenvalue weighted by molar-refractivity contribution is -0.117. The lowest BCUT2D eigenvalue weighted by Crippen LogP contribution is -2.21. The molecule has 0 saturated heterocycles. The molecule has 0 saturated carbocycles. The fourth-order valence-corrected chi connectivity index (χ4v) is 2.67. The number of hydrogen-bond acceptors (Lipinski definition) is 3. The van der Waals surface area contributed by atoms with E-state index >= 15 is 0 Å². The maximum Gasteiger partial charge on any atom is 0.249 e. The molecule has 1 aromatic carbocycles. The van der Waals surface area contributed by atoms with E-state index in [1.807, 2.05) is 0 Å². The molecule has 0 N–H and O–H groups in total. The Bertz CT molecular complexity index is 463. The Morgan fingerprint density at radius 1 is 1.53 bits per heavy atom.